The molecular formula is C46H85NO7P+. The van der Waals surface area contributed by atoms with E-state index in [1.54, 1.807) is 0 Å². The first-order valence-corrected chi connectivity index (χ1v) is 23.5. The van der Waals surface area contributed by atoms with Gasteiger partial charge < -0.3 is 18.9 Å². The summed E-state index contributed by atoms with van der Waals surface area (Å²) in [5.74, 6) is -0.330. The van der Waals surface area contributed by atoms with Crippen LogP contribution < -0.4 is 0 Å². The van der Waals surface area contributed by atoms with Crippen molar-refractivity contribution in [3.05, 3.63) is 60.8 Å². The molecule has 320 valence electrons. The Balaban J connectivity index is 4.28. The molecule has 0 aromatic carbocycles. The Labute approximate surface area is 339 Å². The lowest BCUT2D eigenvalue weighted by molar-refractivity contribution is -0.870. The van der Waals surface area contributed by atoms with Gasteiger partial charge in [-0.05, 0) is 77.0 Å². The first-order chi connectivity index (χ1) is 26.6. The molecule has 0 heterocycles. The number of nitrogens with zero attached hydrogens (tertiary/aromatic N) is 1. The van der Waals surface area contributed by atoms with Gasteiger partial charge in [0.05, 0.1) is 34.4 Å². The highest BCUT2D eigenvalue weighted by molar-refractivity contribution is 7.47. The van der Waals surface area contributed by atoms with Crippen LogP contribution in [0.3, 0.4) is 0 Å². The summed E-state index contributed by atoms with van der Waals surface area (Å²) in [5.41, 5.74) is 0. The predicted molar refractivity (Wildman–Crippen MR) is 233 cm³/mol. The van der Waals surface area contributed by atoms with Crippen molar-refractivity contribution in [3.63, 3.8) is 0 Å². The van der Waals surface area contributed by atoms with Gasteiger partial charge in [0, 0.05) is 13.0 Å². The Hall–Kier alpha value is -1.80. The number of phosphoric ester groups is 1. The van der Waals surface area contributed by atoms with Gasteiger partial charge >= 0.3 is 13.8 Å². The van der Waals surface area contributed by atoms with Gasteiger partial charge in [0.25, 0.3) is 0 Å². The molecule has 0 amide bonds. The molecule has 0 aliphatic carbocycles. The lowest BCUT2D eigenvalue weighted by atomic mass is 10.1. The van der Waals surface area contributed by atoms with E-state index in [0.717, 1.165) is 70.6 Å². The van der Waals surface area contributed by atoms with E-state index in [9.17, 15) is 14.3 Å². The number of quaternary nitrogens is 1. The highest BCUT2D eigenvalue weighted by atomic mass is 31.2. The molecule has 0 aromatic heterocycles. The second-order valence-corrected chi connectivity index (χ2v) is 17.1. The lowest BCUT2D eigenvalue weighted by Gasteiger charge is -2.24. The molecule has 0 spiro atoms. The van der Waals surface area contributed by atoms with Crippen molar-refractivity contribution in [1.29, 1.82) is 0 Å². The van der Waals surface area contributed by atoms with Crippen LogP contribution in [-0.2, 0) is 27.9 Å². The Morgan fingerprint density at radius 2 is 1.05 bits per heavy atom. The zero-order valence-corrected chi connectivity index (χ0v) is 37.0. The fourth-order valence-electron chi connectivity index (χ4n) is 5.65. The van der Waals surface area contributed by atoms with Crippen molar-refractivity contribution in [1.82, 2.24) is 0 Å². The number of allylic oxidation sites excluding steroid dienone is 10. The standard InChI is InChI=1S/C46H84NO7P/c1-6-8-10-12-14-16-18-20-22-24-25-27-29-31-33-35-37-39-46(48)54-45(44-53-55(49,50)52-42-40-47(3,4)5)43-51-41-38-36-34-32-30-28-26-23-21-19-17-15-13-11-9-7-2/h8,10,14-17,20-23,45H,6-7,9,11-13,18-19,24-44H2,1-5H3/p+1/b10-8-,16-14-,17-15-,22-20-,23-21-. The second kappa shape index (κ2) is 39.0. The van der Waals surface area contributed by atoms with Crippen LogP contribution in [0.15, 0.2) is 60.8 Å². The molecule has 8 nitrogen and oxygen atoms in total. The van der Waals surface area contributed by atoms with Crippen LogP contribution in [0.1, 0.15) is 168 Å². The fourth-order valence-corrected chi connectivity index (χ4v) is 6.40. The Morgan fingerprint density at radius 1 is 0.582 bits per heavy atom. The van der Waals surface area contributed by atoms with E-state index in [4.69, 9.17) is 18.5 Å². The van der Waals surface area contributed by atoms with Crippen molar-refractivity contribution in [2.24, 2.45) is 0 Å². The van der Waals surface area contributed by atoms with E-state index in [2.05, 4.69) is 74.6 Å². The maximum atomic E-state index is 12.7. The molecule has 0 bridgehead atoms. The third-order valence-electron chi connectivity index (χ3n) is 9.06. The molecule has 0 aliphatic rings. The summed E-state index contributed by atoms with van der Waals surface area (Å²) < 4.78 is 35.0. The molecule has 55 heavy (non-hydrogen) atoms. The molecule has 0 radical (unpaired) electrons. The Bertz CT molecular complexity index is 1060. The van der Waals surface area contributed by atoms with Gasteiger partial charge in [0.1, 0.15) is 19.3 Å². The molecule has 0 fully saturated rings. The number of ether oxygens (including phenoxy) is 2. The number of rotatable bonds is 40. The molecule has 0 aromatic rings. The SMILES string of the molecule is CC/C=C\C/C=C\C/C=C\CCCCCCCCCC(=O)OC(COCCCCCCCC/C=C\C/C=C\CCCCC)COP(=O)(O)OCC[N+](C)(C)C. The summed E-state index contributed by atoms with van der Waals surface area (Å²) in [6, 6.07) is 0. The molecule has 0 saturated carbocycles. The fraction of sp³-hybridized carbons (Fsp3) is 0.761. The summed E-state index contributed by atoms with van der Waals surface area (Å²) in [4.78, 5) is 22.9. The third kappa shape index (κ3) is 43.2. The maximum Gasteiger partial charge on any atom is 0.472 e. The largest absolute Gasteiger partial charge is 0.472 e. The van der Waals surface area contributed by atoms with Gasteiger partial charge in [-0.15, -0.1) is 0 Å². The van der Waals surface area contributed by atoms with Crippen molar-refractivity contribution in [2.75, 3.05) is 54.1 Å². The van der Waals surface area contributed by atoms with Crippen LogP contribution in [0.4, 0.5) is 0 Å². The number of carbonyl (C=O) groups excluding carboxylic acids is 1. The third-order valence-corrected chi connectivity index (χ3v) is 10.0. The smallest absolute Gasteiger partial charge is 0.457 e. The van der Waals surface area contributed by atoms with E-state index in [0.29, 0.717) is 24.1 Å². The summed E-state index contributed by atoms with van der Waals surface area (Å²) in [6.07, 6.45) is 48.2. The zero-order chi connectivity index (χ0) is 40.6. The summed E-state index contributed by atoms with van der Waals surface area (Å²) >= 11 is 0. The van der Waals surface area contributed by atoms with Crippen molar-refractivity contribution >= 4 is 13.8 Å². The van der Waals surface area contributed by atoms with Crippen LogP contribution >= 0.6 is 7.82 Å². The molecule has 2 atom stereocenters. The highest BCUT2D eigenvalue weighted by Crippen LogP contribution is 2.43. The van der Waals surface area contributed by atoms with Crippen LogP contribution in [0.2, 0.25) is 0 Å². The van der Waals surface area contributed by atoms with Crippen LogP contribution in [0.5, 0.6) is 0 Å². The Morgan fingerprint density at radius 3 is 1.58 bits per heavy atom. The van der Waals surface area contributed by atoms with E-state index in [1.165, 1.54) is 77.0 Å². The highest BCUT2D eigenvalue weighted by Gasteiger charge is 2.26. The number of phosphoric acid groups is 1. The lowest BCUT2D eigenvalue weighted by Crippen LogP contribution is -2.37. The van der Waals surface area contributed by atoms with Crippen molar-refractivity contribution < 1.29 is 37.3 Å². The van der Waals surface area contributed by atoms with Gasteiger partial charge in [-0.3, -0.25) is 13.8 Å². The number of hydrogen-bond acceptors (Lipinski definition) is 6. The van der Waals surface area contributed by atoms with Gasteiger partial charge in [0.15, 0.2) is 0 Å². The number of esters is 1. The molecule has 0 rings (SSSR count). The van der Waals surface area contributed by atoms with Crippen molar-refractivity contribution in [2.45, 2.75) is 174 Å². The molecule has 0 aliphatic heterocycles. The van der Waals surface area contributed by atoms with E-state index < -0.39 is 13.9 Å². The van der Waals surface area contributed by atoms with E-state index in [-0.39, 0.29) is 25.8 Å². The first kappa shape index (κ1) is 53.2. The first-order valence-electron chi connectivity index (χ1n) is 22.0. The van der Waals surface area contributed by atoms with E-state index in [1.807, 2.05) is 21.1 Å². The minimum absolute atomic E-state index is 0.0816. The topological polar surface area (TPSA) is 91.3 Å². The number of carbonyl (C=O) groups is 1. The average Bonchev–Trinajstić information content (AvgIpc) is 3.13. The monoisotopic (exact) mass is 795 g/mol. The van der Waals surface area contributed by atoms with Crippen LogP contribution in [-0.4, -0.2) is 75.6 Å². The van der Waals surface area contributed by atoms with E-state index >= 15 is 0 Å². The maximum absolute atomic E-state index is 12.7. The van der Waals surface area contributed by atoms with Gasteiger partial charge in [-0.25, -0.2) is 4.57 Å². The number of hydrogen-bond donors (Lipinski definition) is 1. The summed E-state index contributed by atoms with van der Waals surface area (Å²) in [5, 5.41) is 0. The molecular weight excluding hydrogens is 709 g/mol. The summed E-state index contributed by atoms with van der Waals surface area (Å²) in [7, 11) is 1.64. The number of likely N-dealkylation sites (N-methyl/N-ethyl adjacent to an activating group) is 1. The molecule has 1 N–H and O–H groups in total. The average molecular weight is 795 g/mol. The van der Waals surface area contributed by atoms with Gasteiger partial charge in [-0.1, -0.05) is 145 Å². The van der Waals surface area contributed by atoms with Gasteiger partial charge in [-0.2, -0.15) is 0 Å². The minimum Gasteiger partial charge on any atom is -0.457 e. The molecule has 9 heteroatoms. The second-order valence-electron chi connectivity index (χ2n) is 15.7. The zero-order valence-electron chi connectivity index (χ0n) is 36.1. The predicted octanol–water partition coefficient (Wildman–Crippen LogP) is 12.9. The quantitative estimate of drug-likeness (QED) is 0.0217. The minimum atomic E-state index is -4.28. The van der Waals surface area contributed by atoms with Crippen molar-refractivity contribution in [3.8, 4) is 0 Å². The summed E-state index contributed by atoms with van der Waals surface area (Å²) in [6.45, 7) is 5.44. The Kier molecular flexibility index (Phi) is 37.8. The normalized spacial score (nSPS) is 14.4. The molecule has 0 saturated heterocycles. The van der Waals surface area contributed by atoms with Gasteiger partial charge in [0.2, 0.25) is 0 Å². The van der Waals surface area contributed by atoms with Crippen LogP contribution in [0, 0.1) is 0 Å². The molecule has 2 unspecified atom stereocenters. The number of unbranched alkanes of at least 4 members (excludes halogenated alkanes) is 16. The van der Waals surface area contributed by atoms with Crippen LogP contribution in [0.25, 0.3) is 0 Å².